The van der Waals surface area contributed by atoms with E-state index in [0.29, 0.717) is 18.0 Å². The third-order valence-electron chi connectivity index (χ3n) is 3.04. The Morgan fingerprint density at radius 3 is 2.57 bits per heavy atom. The topological polar surface area (TPSA) is 64.3 Å². The van der Waals surface area contributed by atoms with Crippen molar-refractivity contribution in [3.05, 3.63) is 54.1 Å². The average molecular weight is 284 g/mol. The number of anilines is 2. The number of hydrogen-bond acceptors (Lipinski definition) is 3. The van der Waals surface area contributed by atoms with E-state index in [0.717, 1.165) is 18.5 Å². The van der Waals surface area contributed by atoms with Crippen LogP contribution in [0.1, 0.15) is 18.9 Å². The molecule has 3 N–H and O–H groups in total. The molecule has 0 aliphatic heterocycles. The van der Waals surface area contributed by atoms with Gasteiger partial charge in [0.25, 0.3) is 0 Å². The molecular weight excluding hydrogens is 264 g/mol. The third-order valence-corrected chi connectivity index (χ3v) is 3.04. The van der Waals surface area contributed by atoms with Crippen molar-refractivity contribution in [2.75, 3.05) is 17.7 Å². The lowest BCUT2D eigenvalue weighted by Gasteiger charge is -2.11. The summed E-state index contributed by atoms with van der Waals surface area (Å²) in [5.74, 6) is 0.595. The van der Waals surface area contributed by atoms with Crippen LogP contribution in [-0.2, 0) is 11.2 Å². The maximum atomic E-state index is 11.1. The summed E-state index contributed by atoms with van der Waals surface area (Å²) in [7, 11) is 0. The maximum Gasteiger partial charge on any atom is 0.221 e. The second-order valence-corrected chi connectivity index (χ2v) is 4.87. The summed E-state index contributed by atoms with van der Waals surface area (Å²) in [6.45, 7) is 2.08. The number of amides is 1. The zero-order chi connectivity index (χ0) is 15.1. The molecule has 1 amide bonds. The number of nitrogens with two attached hydrogens (primary N) is 1. The number of benzene rings is 2. The Kier molecular flexibility index (Phi) is 5.21. The van der Waals surface area contributed by atoms with E-state index in [1.165, 1.54) is 12.5 Å². The van der Waals surface area contributed by atoms with Crippen LogP contribution in [0, 0.1) is 0 Å². The van der Waals surface area contributed by atoms with E-state index < -0.39 is 0 Å². The van der Waals surface area contributed by atoms with Crippen molar-refractivity contribution < 1.29 is 9.53 Å². The van der Waals surface area contributed by atoms with Crippen LogP contribution in [0.5, 0.6) is 5.75 Å². The number of rotatable bonds is 6. The van der Waals surface area contributed by atoms with Crippen LogP contribution in [0.3, 0.4) is 0 Å². The summed E-state index contributed by atoms with van der Waals surface area (Å²) in [4.78, 5) is 11.1. The van der Waals surface area contributed by atoms with Crippen LogP contribution in [-0.4, -0.2) is 12.5 Å². The van der Waals surface area contributed by atoms with Gasteiger partial charge in [0.15, 0.2) is 0 Å². The van der Waals surface area contributed by atoms with E-state index in [4.69, 9.17) is 10.5 Å². The summed E-state index contributed by atoms with van der Waals surface area (Å²) in [6, 6.07) is 15.3. The van der Waals surface area contributed by atoms with Gasteiger partial charge in [-0.1, -0.05) is 24.3 Å². The zero-order valence-corrected chi connectivity index (χ0v) is 12.1. The van der Waals surface area contributed by atoms with Crippen LogP contribution >= 0.6 is 0 Å². The van der Waals surface area contributed by atoms with Crippen LogP contribution in [0.2, 0.25) is 0 Å². The van der Waals surface area contributed by atoms with Gasteiger partial charge in [-0.15, -0.1) is 0 Å². The normalized spacial score (nSPS) is 10.1. The van der Waals surface area contributed by atoms with E-state index in [2.05, 4.69) is 5.32 Å². The lowest BCUT2D eigenvalue weighted by molar-refractivity contribution is -0.114. The fourth-order valence-electron chi connectivity index (χ4n) is 2.03. The molecular formula is C17H20N2O2. The fraction of sp³-hybridized carbons (Fsp3) is 0.235. The molecule has 4 heteroatoms. The number of ether oxygens (including phenoxy) is 1. The molecule has 21 heavy (non-hydrogen) atoms. The molecule has 2 aromatic carbocycles. The molecule has 0 atom stereocenters. The Morgan fingerprint density at radius 1 is 1.14 bits per heavy atom. The van der Waals surface area contributed by atoms with Crippen molar-refractivity contribution in [1.29, 1.82) is 0 Å². The van der Waals surface area contributed by atoms with E-state index in [9.17, 15) is 4.79 Å². The second-order valence-electron chi connectivity index (χ2n) is 4.87. The molecule has 0 aliphatic carbocycles. The molecule has 0 unspecified atom stereocenters. The first-order chi connectivity index (χ1) is 10.1. The highest BCUT2D eigenvalue weighted by atomic mass is 16.5. The molecule has 0 aromatic heterocycles. The van der Waals surface area contributed by atoms with Gasteiger partial charge < -0.3 is 15.8 Å². The van der Waals surface area contributed by atoms with Crippen molar-refractivity contribution in [2.45, 2.75) is 19.8 Å². The Bertz CT molecular complexity index is 594. The number of carbonyl (C=O) groups excluding carboxylic acids is 1. The minimum Gasteiger partial charge on any atom is -0.491 e. The predicted molar refractivity (Wildman–Crippen MR) is 85.4 cm³/mol. The molecule has 0 saturated carbocycles. The molecule has 110 valence electrons. The number of carbonyl (C=O) groups is 1. The average Bonchev–Trinajstić information content (AvgIpc) is 2.46. The first-order valence-electron chi connectivity index (χ1n) is 6.99. The Hall–Kier alpha value is -2.49. The number of aryl methyl sites for hydroxylation is 1. The highest BCUT2D eigenvalue weighted by Gasteiger charge is 2.04. The van der Waals surface area contributed by atoms with E-state index >= 15 is 0 Å². The summed E-state index contributed by atoms with van der Waals surface area (Å²) in [5.41, 5.74) is 8.38. The van der Waals surface area contributed by atoms with E-state index in [1.54, 1.807) is 0 Å². The molecule has 0 bridgehead atoms. The van der Waals surface area contributed by atoms with Crippen molar-refractivity contribution in [2.24, 2.45) is 0 Å². The number of hydrogen-bond donors (Lipinski definition) is 2. The smallest absolute Gasteiger partial charge is 0.221 e. The van der Waals surface area contributed by atoms with Crippen LogP contribution < -0.4 is 15.8 Å². The summed E-state index contributed by atoms with van der Waals surface area (Å²) >= 11 is 0. The monoisotopic (exact) mass is 284 g/mol. The van der Waals surface area contributed by atoms with Crippen LogP contribution in [0.4, 0.5) is 11.4 Å². The molecule has 0 spiro atoms. The molecule has 0 aliphatic rings. The fourth-order valence-corrected chi connectivity index (χ4v) is 2.03. The van der Waals surface area contributed by atoms with Gasteiger partial charge in [-0.2, -0.15) is 0 Å². The highest BCUT2D eigenvalue weighted by Crippen LogP contribution is 2.23. The molecule has 0 heterocycles. The molecule has 0 fully saturated rings. The lowest BCUT2D eigenvalue weighted by atomic mass is 10.1. The van der Waals surface area contributed by atoms with Crippen molar-refractivity contribution in [1.82, 2.24) is 0 Å². The Balaban J connectivity index is 1.83. The van der Waals surface area contributed by atoms with Gasteiger partial charge >= 0.3 is 0 Å². The SMILES string of the molecule is CC(=O)Nc1ccccc1OCCCc1ccc(N)cc1. The first-order valence-corrected chi connectivity index (χ1v) is 6.99. The molecule has 2 aromatic rings. The van der Waals surface area contributed by atoms with Crippen molar-refractivity contribution in [3.63, 3.8) is 0 Å². The van der Waals surface area contributed by atoms with Crippen molar-refractivity contribution in [3.8, 4) is 5.75 Å². The predicted octanol–water partition coefficient (Wildman–Crippen LogP) is 3.24. The highest BCUT2D eigenvalue weighted by molar-refractivity contribution is 5.90. The minimum atomic E-state index is -0.104. The first kappa shape index (κ1) is 14.9. The summed E-state index contributed by atoms with van der Waals surface area (Å²) in [5, 5.41) is 2.76. The Labute approximate surface area is 124 Å². The lowest BCUT2D eigenvalue weighted by Crippen LogP contribution is -2.08. The molecule has 0 saturated heterocycles. The van der Waals surface area contributed by atoms with Gasteiger partial charge in [0.2, 0.25) is 5.91 Å². The van der Waals surface area contributed by atoms with Gasteiger partial charge in [0.1, 0.15) is 5.75 Å². The van der Waals surface area contributed by atoms with Gasteiger partial charge in [0.05, 0.1) is 12.3 Å². The number of para-hydroxylation sites is 2. The Morgan fingerprint density at radius 2 is 1.86 bits per heavy atom. The van der Waals surface area contributed by atoms with Gasteiger partial charge in [0, 0.05) is 12.6 Å². The summed E-state index contributed by atoms with van der Waals surface area (Å²) < 4.78 is 5.74. The molecule has 2 rings (SSSR count). The third kappa shape index (κ3) is 4.84. The quantitative estimate of drug-likeness (QED) is 0.632. The maximum absolute atomic E-state index is 11.1. The standard InChI is InChI=1S/C17H20N2O2/c1-13(20)19-16-6-2-3-7-17(16)21-12-4-5-14-8-10-15(18)11-9-14/h2-3,6-11H,4-5,12,18H2,1H3,(H,19,20). The largest absolute Gasteiger partial charge is 0.491 e. The second kappa shape index (κ2) is 7.33. The van der Waals surface area contributed by atoms with Crippen molar-refractivity contribution >= 4 is 17.3 Å². The number of nitrogens with one attached hydrogen (secondary N) is 1. The van der Waals surface area contributed by atoms with Crippen LogP contribution in [0.15, 0.2) is 48.5 Å². The van der Waals surface area contributed by atoms with Gasteiger partial charge in [-0.25, -0.2) is 0 Å². The molecule has 4 nitrogen and oxygen atoms in total. The van der Waals surface area contributed by atoms with Crippen LogP contribution in [0.25, 0.3) is 0 Å². The zero-order valence-electron chi connectivity index (χ0n) is 12.1. The number of nitrogen functional groups attached to an aromatic ring is 1. The van der Waals surface area contributed by atoms with Gasteiger partial charge in [-0.05, 0) is 42.7 Å². The van der Waals surface area contributed by atoms with E-state index in [-0.39, 0.29) is 5.91 Å². The van der Waals surface area contributed by atoms with Gasteiger partial charge in [-0.3, -0.25) is 4.79 Å². The minimum absolute atomic E-state index is 0.104. The van der Waals surface area contributed by atoms with E-state index in [1.807, 2.05) is 48.5 Å². The summed E-state index contributed by atoms with van der Waals surface area (Å²) in [6.07, 6.45) is 1.83. The molecule has 0 radical (unpaired) electrons.